The largest absolute Gasteiger partial charge is 0.493 e. The number of ether oxygens (including phenoxy) is 4. The molecule has 0 fully saturated rings. The molecule has 1 aliphatic heterocycles. The molecule has 158 valence electrons. The van der Waals surface area contributed by atoms with E-state index in [1.54, 1.807) is 21.3 Å². The van der Waals surface area contributed by atoms with Gasteiger partial charge in [0.05, 0.1) is 30.8 Å². The van der Waals surface area contributed by atoms with Crippen molar-refractivity contribution in [2.24, 2.45) is 0 Å². The van der Waals surface area contributed by atoms with Crippen LogP contribution in [0.3, 0.4) is 0 Å². The summed E-state index contributed by atoms with van der Waals surface area (Å²) >= 11 is 0. The van der Waals surface area contributed by atoms with Crippen LogP contribution in [0, 0.1) is 10.1 Å². The predicted molar refractivity (Wildman–Crippen MR) is 109 cm³/mol. The first-order valence-electron chi connectivity index (χ1n) is 9.15. The number of fused-ring (bicyclic) bond motifs is 1. The van der Waals surface area contributed by atoms with Crippen LogP contribution in [0.1, 0.15) is 11.1 Å². The third-order valence-corrected chi connectivity index (χ3v) is 4.68. The fourth-order valence-corrected chi connectivity index (χ4v) is 2.97. The molecule has 0 atom stereocenters. The van der Waals surface area contributed by atoms with E-state index >= 15 is 0 Å². The van der Waals surface area contributed by atoms with Crippen LogP contribution >= 0.6 is 0 Å². The van der Waals surface area contributed by atoms with E-state index in [4.69, 9.17) is 18.9 Å². The first-order valence-corrected chi connectivity index (χ1v) is 9.15. The summed E-state index contributed by atoms with van der Waals surface area (Å²) in [5.41, 5.74) is 1.10. The Morgan fingerprint density at radius 3 is 2.53 bits per heavy atom. The lowest BCUT2D eigenvalue weighted by Crippen LogP contribution is -2.27. The number of methoxy groups -OCH3 is 2. The van der Waals surface area contributed by atoms with Gasteiger partial charge in [-0.25, -0.2) is 0 Å². The molecule has 0 spiro atoms. The molecule has 0 N–H and O–H groups in total. The normalized spacial score (nSPS) is 12.1. The Bertz CT molecular complexity index is 988. The first-order chi connectivity index (χ1) is 14.4. The van der Waals surface area contributed by atoms with Crippen molar-refractivity contribution in [3.8, 4) is 23.0 Å². The molecule has 1 aliphatic rings. The summed E-state index contributed by atoms with van der Waals surface area (Å²) in [5.74, 6) is 1.71. The van der Waals surface area contributed by atoms with E-state index in [-0.39, 0.29) is 24.0 Å². The summed E-state index contributed by atoms with van der Waals surface area (Å²) in [5, 5.41) is 11.3. The molecular formula is C21H22N2O7. The van der Waals surface area contributed by atoms with Gasteiger partial charge < -0.3 is 23.8 Å². The molecule has 9 heteroatoms. The number of nitro groups is 1. The van der Waals surface area contributed by atoms with Crippen LogP contribution < -0.4 is 18.9 Å². The number of rotatable bonds is 8. The molecule has 0 bridgehead atoms. The summed E-state index contributed by atoms with van der Waals surface area (Å²) in [6.45, 7) is 0.472. The van der Waals surface area contributed by atoms with Crippen molar-refractivity contribution in [3.63, 3.8) is 0 Å². The molecule has 9 nitrogen and oxygen atoms in total. The van der Waals surface area contributed by atoms with Crippen molar-refractivity contribution in [1.29, 1.82) is 0 Å². The zero-order valence-corrected chi connectivity index (χ0v) is 16.9. The highest BCUT2D eigenvalue weighted by Crippen LogP contribution is 2.38. The van der Waals surface area contributed by atoms with Crippen LogP contribution in [0.5, 0.6) is 23.0 Å². The monoisotopic (exact) mass is 414 g/mol. The topological polar surface area (TPSA) is 100 Å². The van der Waals surface area contributed by atoms with Crippen LogP contribution in [0.25, 0.3) is 6.08 Å². The molecule has 2 aromatic carbocycles. The van der Waals surface area contributed by atoms with Gasteiger partial charge in [-0.1, -0.05) is 6.07 Å². The maximum atomic E-state index is 12.4. The molecule has 0 saturated carbocycles. The zero-order chi connectivity index (χ0) is 21.7. The van der Waals surface area contributed by atoms with E-state index < -0.39 is 4.92 Å². The van der Waals surface area contributed by atoms with Gasteiger partial charge in [0.25, 0.3) is 5.69 Å². The lowest BCUT2D eigenvalue weighted by atomic mass is 10.1. The van der Waals surface area contributed by atoms with Gasteiger partial charge in [-0.05, 0) is 36.3 Å². The summed E-state index contributed by atoms with van der Waals surface area (Å²) in [6.07, 6.45) is 3.33. The molecule has 1 amide bonds. The molecule has 0 radical (unpaired) electrons. The van der Waals surface area contributed by atoms with E-state index in [2.05, 4.69) is 0 Å². The predicted octanol–water partition coefficient (Wildman–Crippen LogP) is 3.06. The van der Waals surface area contributed by atoms with Crippen molar-refractivity contribution < 1.29 is 28.7 Å². The minimum atomic E-state index is -0.521. The second-order valence-electron chi connectivity index (χ2n) is 6.55. The Labute approximate surface area is 173 Å². The molecule has 0 unspecified atom stereocenters. The summed E-state index contributed by atoms with van der Waals surface area (Å²) in [6, 6.07) is 8.38. The van der Waals surface area contributed by atoms with Crippen LogP contribution in [-0.2, 0) is 11.2 Å². The molecule has 3 rings (SSSR count). The number of amides is 1. The van der Waals surface area contributed by atoms with E-state index in [0.717, 1.165) is 5.56 Å². The first kappa shape index (κ1) is 21.0. The summed E-state index contributed by atoms with van der Waals surface area (Å²) in [4.78, 5) is 24.8. The Hall–Kier alpha value is -3.75. The second-order valence-corrected chi connectivity index (χ2v) is 6.55. The lowest BCUT2D eigenvalue weighted by Gasteiger charge is -2.16. The number of nitro benzene ring substituents is 1. The van der Waals surface area contributed by atoms with Gasteiger partial charge in [-0.3, -0.25) is 14.9 Å². The maximum absolute atomic E-state index is 12.4. The van der Waals surface area contributed by atoms with Gasteiger partial charge in [-0.2, -0.15) is 0 Å². The molecule has 0 saturated heterocycles. The minimum absolute atomic E-state index is 0.0114. The second kappa shape index (κ2) is 9.17. The molecule has 1 heterocycles. The summed E-state index contributed by atoms with van der Waals surface area (Å²) < 4.78 is 20.9. The van der Waals surface area contributed by atoms with E-state index in [1.807, 2.05) is 18.2 Å². The van der Waals surface area contributed by atoms with Crippen LogP contribution in [0.15, 0.2) is 36.4 Å². The highest BCUT2D eigenvalue weighted by atomic mass is 16.7. The Balaban J connectivity index is 1.66. The fourth-order valence-electron chi connectivity index (χ4n) is 2.97. The Morgan fingerprint density at radius 2 is 1.87 bits per heavy atom. The Kier molecular flexibility index (Phi) is 6.41. The quantitative estimate of drug-likeness (QED) is 0.372. The molecule has 2 aromatic rings. The maximum Gasteiger partial charge on any atom is 0.280 e. The van der Waals surface area contributed by atoms with Gasteiger partial charge in [0.2, 0.25) is 12.7 Å². The highest BCUT2D eigenvalue weighted by molar-refractivity contribution is 5.92. The average molecular weight is 414 g/mol. The number of carbonyl (C=O) groups is 1. The average Bonchev–Trinajstić information content (AvgIpc) is 3.22. The number of carbonyl (C=O) groups excluding carboxylic acids is 1. The van der Waals surface area contributed by atoms with Crippen molar-refractivity contribution in [3.05, 3.63) is 57.6 Å². The van der Waals surface area contributed by atoms with Crippen LogP contribution in [0.4, 0.5) is 5.69 Å². The molecule has 0 aromatic heterocycles. The van der Waals surface area contributed by atoms with Gasteiger partial charge in [-0.15, -0.1) is 0 Å². The SMILES string of the molecule is COc1ccc(CCN(C)C(=O)/C=C/c2cc3c(cc2[N+](=O)[O-])OCO3)cc1OC. The van der Waals surface area contributed by atoms with Crippen LogP contribution in [0.2, 0.25) is 0 Å². The van der Waals surface area contributed by atoms with Gasteiger partial charge in [0.15, 0.2) is 23.0 Å². The van der Waals surface area contributed by atoms with Crippen LogP contribution in [-0.4, -0.2) is 50.3 Å². The zero-order valence-electron chi connectivity index (χ0n) is 16.9. The number of likely N-dealkylation sites (N-methyl/N-ethyl adjacent to an activating group) is 1. The van der Waals surface area contributed by atoms with Crippen molar-refractivity contribution in [2.75, 3.05) is 34.6 Å². The summed E-state index contributed by atoms with van der Waals surface area (Å²) in [7, 11) is 4.81. The number of hydrogen-bond donors (Lipinski definition) is 0. The standard InChI is InChI=1S/C21H22N2O7/c1-22(9-8-14-4-6-17(27-2)18(10-14)28-3)21(24)7-5-15-11-19-20(30-13-29-19)12-16(15)23(25)26/h4-7,10-12H,8-9,13H2,1-3H3/b7-5+. The van der Waals surface area contributed by atoms with E-state index in [1.165, 1.54) is 29.2 Å². The van der Waals surface area contributed by atoms with Gasteiger partial charge in [0.1, 0.15) is 0 Å². The number of nitrogens with zero attached hydrogens (tertiary/aromatic N) is 2. The Morgan fingerprint density at radius 1 is 1.17 bits per heavy atom. The lowest BCUT2D eigenvalue weighted by molar-refractivity contribution is -0.385. The number of benzene rings is 2. The van der Waals surface area contributed by atoms with Crippen molar-refractivity contribution in [1.82, 2.24) is 4.90 Å². The number of hydrogen-bond acceptors (Lipinski definition) is 7. The van der Waals surface area contributed by atoms with E-state index in [9.17, 15) is 14.9 Å². The molecular weight excluding hydrogens is 392 g/mol. The van der Waals surface area contributed by atoms with E-state index in [0.29, 0.717) is 36.0 Å². The molecule has 30 heavy (non-hydrogen) atoms. The van der Waals surface area contributed by atoms with Crippen molar-refractivity contribution in [2.45, 2.75) is 6.42 Å². The highest BCUT2D eigenvalue weighted by Gasteiger charge is 2.22. The van der Waals surface area contributed by atoms with Gasteiger partial charge >= 0.3 is 0 Å². The third kappa shape index (κ3) is 4.62. The minimum Gasteiger partial charge on any atom is -0.493 e. The van der Waals surface area contributed by atoms with Gasteiger partial charge in [0, 0.05) is 19.7 Å². The third-order valence-electron chi connectivity index (χ3n) is 4.68. The van der Waals surface area contributed by atoms with Crippen molar-refractivity contribution >= 4 is 17.7 Å². The fraction of sp³-hybridized carbons (Fsp3) is 0.286. The molecule has 0 aliphatic carbocycles. The smallest absolute Gasteiger partial charge is 0.280 e.